The first kappa shape index (κ1) is 21.6. The van der Waals surface area contributed by atoms with Gasteiger partial charge in [-0.25, -0.2) is 0 Å². The number of hydrogen-bond acceptors (Lipinski definition) is 7. The maximum absolute atomic E-state index is 13.2. The minimum atomic E-state index is -1.27. The van der Waals surface area contributed by atoms with E-state index in [1.54, 1.807) is 36.5 Å². The van der Waals surface area contributed by atoms with Crippen LogP contribution in [-0.4, -0.2) is 43.7 Å². The predicted molar refractivity (Wildman–Crippen MR) is 115 cm³/mol. The van der Waals surface area contributed by atoms with Crippen molar-refractivity contribution >= 4 is 23.4 Å². The Hall–Kier alpha value is -4.60. The smallest absolute Gasteiger partial charge is 0.310 e. The largest absolute Gasteiger partial charge is 0.502 e. The van der Waals surface area contributed by atoms with E-state index in [4.69, 9.17) is 0 Å². The molecule has 10 heteroatoms. The van der Waals surface area contributed by atoms with E-state index in [9.17, 15) is 29.6 Å². The highest BCUT2D eigenvalue weighted by atomic mass is 16.6. The van der Waals surface area contributed by atoms with E-state index in [-0.39, 0.29) is 24.1 Å². The number of phenolic OH excluding ortho intramolecular Hbond substituents is 1. The van der Waals surface area contributed by atoms with Gasteiger partial charge in [-0.2, -0.15) is 0 Å². The van der Waals surface area contributed by atoms with Crippen molar-refractivity contribution in [2.75, 3.05) is 0 Å². The van der Waals surface area contributed by atoms with Crippen LogP contribution in [0.15, 0.2) is 66.9 Å². The second-order valence-electron chi connectivity index (χ2n) is 7.36. The highest BCUT2D eigenvalue weighted by molar-refractivity contribution is 6.22. The SMILES string of the molecule is O=C(NCc1ccccn1)[C@H](Cc1ccc(O)c([N+](=O)[O-])c1)N1C(=O)c2ccccc2C1=O. The molecule has 1 aliphatic heterocycles. The van der Waals surface area contributed by atoms with E-state index in [1.165, 1.54) is 18.2 Å². The monoisotopic (exact) mass is 446 g/mol. The molecule has 3 aromatic rings. The van der Waals surface area contributed by atoms with Crippen LogP contribution in [-0.2, 0) is 17.8 Å². The molecule has 1 aromatic heterocycles. The molecule has 0 spiro atoms. The van der Waals surface area contributed by atoms with Crippen molar-refractivity contribution in [3.05, 3.63) is 99.4 Å². The van der Waals surface area contributed by atoms with Gasteiger partial charge >= 0.3 is 5.69 Å². The van der Waals surface area contributed by atoms with Crippen LogP contribution in [0.1, 0.15) is 32.0 Å². The Morgan fingerprint density at radius 3 is 2.33 bits per heavy atom. The zero-order valence-corrected chi connectivity index (χ0v) is 17.2. The fraction of sp³-hybridized carbons (Fsp3) is 0.130. The number of pyridine rings is 1. The number of amides is 3. The number of fused-ring (bicyclic) bond motifs is 1. The number of phenols is 1. The van der Waals surface area contributed by atoms with Crippen molar-refractivity contribution in [3.8, 4) is 5.75 Å². The fourth-order valence-electron chi connectivity index (χ4n) is 3.66. The van der Waals surface area contributed by atoms with Crippen LogP contribution >= 0.6 is 0 Å². The number of benzene rings is 2. The number of carbonyl (C=O) groups is 3. The van der Waals surface area contributed by atoms with Gasteiger partial charge in [0.1, 0.15) is 6.04 Å². The van der Waals surface area contributed by atoms with Gasteiger partial charge in [-0.05, 0) is 35.9 Å². The third kappa shape index (κ3) is 4.26. The van der Waals surface area contributed by atoms with E-state index in [2.05, 4.69) is 10.3 Å². The van der Waals surface area contributed by atoms with Crippen LogP contribution in [0.2, 0.25) is 0 Å². The lowest BCUT2D eigenvalue weighted by atomic mass is 10.0. The fourth-order valence-corrected chi connectivity index (χ4v) is 3.66. The summed E-state index contributed by atoms with van der Waals surface area (Å²) in [5.41, 5.74) is 0.701. The van der Waals surface area contributed by atoms with Crippen LogP contribution in [0.5, 0.6) is 5.75 Å². The molecule has 0 saturated carbocycles. The van der Waals surface area contributed by atoms with Crippen molar-refractivity contribution in [3.63, 3.8) is 0 Å². The third-order valence-corrected chi connectivity index (χ3v) is 5.28. The first-order valence-electron chi connectivity index (χ1n) is 9.97. The Balaban J connectivity index is 1.66. The van der Waals surface area contributed by atoms with E-state index < -0.39 is 40.1 Å². The number of hydrogen-bond donors (Lipinski definition) is 2. The second kappa shape index (κ2) is 8.87. The summed E-state index contributed by atoms with van der Waals surface area (Å²) in [6, 6.07) is 13.8. The van der Waals surface area contributed by atoms with E-state index >= 15 is 0 Å². The molecule has 0 fully saturated rings. The van der Waals surface area contributed by atoms with E-state index in [0.29, 0.717) is 11.3 Å². The van der Waals surface area contributed by atoms with Crippen LogP contribution in [0, 0.1) is 10.1 Å². The topological polar surface area (TPSA) is 143 Å². The number of aromatic nitrogens is 1. The number of nitro groups is 1. The number of rotatable bonds is 7. The summed E-state index contributed by atoms with van der Waals surface area (Å²) in [4.78, 5) is 54.6. The Morgan fingerprint density at radius 2 is 1.73 bits per heavy atom. The van der Waals surface area contributed by atoms with Crippen molar-refractivity contribution in [2.45, 2.75) is 19.0 Å². The minimum absolute atomic E-state index is 0.0646. The predicted octanol–water partition coefficient (Wildman–Crippen LogP) is 2.22. The summed E-state index contributed by atoms with van der Waals surface area (Å²) in [5, 5.41) is 23.6. The van der Waals surface area contributed by atoms with Crippen LogP contribution in [0.4, 0.5) is 5.69 Å². The van der Waals surface area contributed by atoms with Crippen molar-refractivity contribution in [2.24, 2.45) is 0 Å². The van der Waals surface area contributed by atoms with Crippen LogP contribution in [0.25, 0.3) is 0 Å². The lowest BCUT2D eigenvalue weighted by Gasteiger charge is -2.25. The highest BCUT2D eigenvalue weighted by Crippen LogP contribution is 2.29. The summed E-state index contributed by atoms with van der Waals surface area (Å²) < 4.78 is 0. The van der Waals surface area contributed by atoms with E-state index in [1.807, 2.05) is 0 Å². The number of nitrogens with one attached hydrogen (secondary N) is 1. The Morgan fingerprint density at radius 1 is 1.06 bits per heavy atom. The number of imide groups is 1. The molecule has 0 aliphatic carbocycles. The second-order valence-corrected chi connectivity index (χ2v) is 7.36. The van der Waals surface area contributed by atoms with Gasteiger partial charge in [0.2, 0.25) is 5.91 Å². The standard InChI is InChI=1S/C23H18N4O6/c28-20-9-8-14(11-18(20)27(32)33)12-19(21(29)25-13-15-5-3-4-10-24-15)26-22(30)16-6-1-2-7-17(16)23(26)31/h1-11,19,28H,12-13H2,(H,25,29)/t19-/m0/s1. The molecule has 33 heavy (non-hydrogen) atoms. The summed E-state index contributed by atoms with van der Waals surface area (Å²) in [6.07, 6.45) is 1.39. The Kier molecular flexibility index (Phi) is 5.81. The van der Waals surface area contributed by atoms with Gasteiger partial charge in [-0.3, -0.25) is 34.4 Å². The molecule has 2 aromatic carbocycles. The molecule has 4 rings (SSSR count). The third-order valence-electron chi connectivity index (χ3n) is 5.28. The quantitative estimate of drug-likeness (QED) is 0.322. The number of nitro benzene ring substituents is 1. The Labute approximate surface area is 187 Å². The molecular formula is C23H18N4O6. The number of aromatic hydroxyl groups is 1. The average Bonchev–Trinajstić information content (AvgIpc) is 3.07. The lowest BCUT2D eigenvalue weighted by Crippen LogP contribution is -2.50. The summed E-state index contributed by atoms with van der Waals surface area (Å²) in [7, 11) is 0. The van der Waals surface area contributed by atoms with Gasteiger partial charge in [0.05, 0.1) is 28.3 Å². The number of nitrogens with zero attached hydrogens (tertiary/aromatic N) is 3. The lowest BCUT2D eigenvalue weighted by molar-refractivity contribution is -0.385. The minimum Gasteiger partial charge on any atom is -0.502 e. The Bertz CT molecular complexity index is 1230. The first-order chi connectivity index (χ1) is 15.9. The molecular weight excluding hydrogens is 428 g/mol. The highest BCUT2D eigenvalue weighted by Gasteiger charge is 2.42. The molecule has 3 amide bonds. The van der Waals surface area contributed by atoms with Crippen LogP contribution < -0.4 is 5.32 Å². The van der Waals surface area contributed by atoms with Gasteiger partial charge in [-0.1, -0.05) is 24.3 Å². The molecule has 2 N–H and O–H groups in total. The molecule has 0 bridgehead atoms. The van der Waals surface area contributed by atoms with Gasteiger partial charge in [0.25, 0.3) is 11.8 Å². The normalized spacial score (nSPS) is 13.5. The van der Waals surface area contributed by atoms with Gasteiger partial charge in [0, 0.05) is 18.7 Å². The molecule has 0 saturated heterocycles. The van der Waals surface area contributed by atoms with Gasteiger partial charge in [0.15, 0.2) is 5.75 Å². The zero-order valence-electron chi connectivity index (χ0n) is 17.2. The summed E-state index contributed by atoms with van der Waals surface area (Å²) >= 11 is 0. The van der Waals surface area contributed by atoms with Gasteiger partial charge in [-0.15, -0.1) is 0 Å². The molecule has 1 aliphatic rings. The first-order valence-corrected chi connectivity index (χ1v) is 9.97. The van der Waals surface area contributed by atoms with Gasteiger partial charge < -0.3 is 10.4 Å². The van der Waals surface area contributed by atoms with Crippen LogP contribution in [0.3, 0.4) is 0 Å². The molecule has 166 valence electrons. The molecule has 10 nitrogen and oxygen atoms in total. The van der Waals surface area contributed by atoms with Crippen molar-refractivity contribution < 1.29 is 24.4 Å². The summed E-state index contributed by atoms with van der Waals surface area (Å²) in [6.45, 7) is 0.0646. The molecule has 0 unspecified atom stereocenters. The van der Waals surface area contributed by atoms with Crippen molar-refractivity contribution in [1.82, 2.24) is 15.2 Å². The maximum Gasteiger partial charge on any atom is 0.310 e. The summed E-state index contributed by atoms with van der Waals surface area (Å²) in [5.74, 6) is -2.39. The maximum atomic E-state index is 13.2. The number of carbonyl (C=O) groups excluding carboxylic acids is 3. The molecule has 1 atom stereocenters. The van der Waals surface area contributed by atoms with Crippen molar-refractivity contribution in [1.29, 1.82) is 0 Å². The van der Waals surface area contributed by atoms with E-state index in [0.717, 1.165) is 17.0 Å². The zero-order chi connectivity index (χ0) is 23.5. The molecule has 0 radical (unpaired) electrons. The molecule has 2 heterocycles. The average molecular weight is 446 g/mol.